The molecule has 0 heterocycles. The summed E-state index contributed by atoms with van der Waals surface area (Å²) in [5.74, 6) is 0.216. The molecule has 3 aromatic rings. The number of rotatable bonds is 6. The molecule has 3 rings (SSSR count). The fraction of sp³-hybridized carbons (Fsp3) is 0.0909. The van der Waals surface area contributed by atoms with Gasteiger partial charge in [-0.25, -0.2) is 0 Å². The third kappa shape index (κ3) is 4.98. The van der Waals surface area contributed by atoms with Crippen LogP contribution in [0.1, 0.15) is 26.3 Å². The molecular weight excluding hydrogens is 420 g/mol. The Kier molecular flexibility index (Phi) is 6.45. The summed E-state index contributed by atoms with van der Waals surface area (Å²) in [6.45, 7) is 0.372. The molecule has 3 aromatic carbocycles. The van der Waals surface area contributed by atoms with Crippen molar-refractivity contribution in [1.29, 1.82) is 0 Å². The second kappa shape index (κ2) is 9.19. The highest BCUT2D eigenvalue weighted by Gasteiger charge is 2.14. The summed E-state index contributed by atoms with van der Waals surface area (Å²) in [7, 11) is 1.61. The van der Waals surface area contributed by atoms with Crippen molar-refractivity contribution >= 4 is 33.4 Å². The molecule has 5 nitrogen and oxygen atoms in total. The summed E-state index contributed by atoms with van der Waals surface area (Å²) in [5.41, 5.74) is 2.31. The van der Waals surface area contributed by atoms with E-state index in [-0.39, 0.29) is 11.8 Å². The highest BCUT2D eigenvalue weighted by Crippen LogP contribution is 2.18. The molecule has 0 saturated heterocycles. The zero-order valence-corrected chi connectivity index (χ0v) is 16.8. The fourth-order valence-corrected chi connectivity index (χ4v) is 3.03. The average molecular weight is 439 g/mol. The first kappa shape index (κ1) is 19.6. The third-order valence-electron chi connectivity index (χ3n) is 4.12. The van der Waals surface area contributed by atoms with Gasteiger partial charge in [-0.1, -0.05) is 46.3 Å². The second-order valence-electron chi connectivity index (χ2n) is 6.04. The van der Waals surface area contributed by atoms with Gasteiger partial charge < -0.3 is 15.4 Å². The number of halogens is 1. The Morgan fingerprint density at radius 3 is 2.39 bits per heavy atom. The minimum Gasteiger partial charge on any atom is -0.497 e. The van der Waals surface area contributed by atoms with E-state index in [0.29, 0.717) is 23.4 Å². The normalized spacial score (nSPS) is 10.2. The molecule has 0 atom stereocenters. The first-order chi connectivity index (χ1) is 13.6. The largest absolute Gasteiger partial charge is 0.497 e. The van der Waals surface area contributed by atoms with E-state index in [9.17, 15) is 9.59 Å². The Labute approximate surface area is 171 Å². The van der Waals surface area contributed by atoms with Gasteiger partial charge in [-0.2, -0.15) is 0 Å². The molecule has 0 bridgehead atoms. The van der Waals surface area contributed by atoms with Crippen LogP contribution in [0.2, 0.25) is 0 Å². The van der Waals surface area contributed by atoms with Gasteiger partial charge in [0.05, 0.1) is 18.4 Å². The van der Waals surface area contributed by atoms with Gasteiger partial charge in [0.2, 0.25) is 0 Å². The number of para-hydroxylation sites is 1. The number of carbonyl (C=O) groups is 2. The predicted octanol–water partition coefficient (Wildman–Crippen LogP) is 4.64. The molecule has 0 aliphatic carbocycles. The Bertz CT molecular complexity index is 987. The Morgan fingerprint density at radius 2 is 1.68 bits per heavy atom. The number of methoxy groups -OCH3 is 1. The summed E-state index contributed by atoms with van der Waals surface area (Å²) in [6, 6.07) is 21.4. The average Bonchev–Trinajstić information content (AvgIpc) is 2.72. The van der Waals surface area contributed by atoms with Crippen LogP contribution in [0.25, 0.3) is 0 Å². The van der Waals surface area contributed by atoms with Crippen molar-refractivity contribution in [2.24, 2.45) is 0 Å². The van der Waals surface area contributed by atoms with Crippen LogP contribution in [0.3, 0.4) is 0 Å². The summed E-state index contributed by atoms with van der Waals surface area (Å²) in [6.07, 6.45) is 0. The van der Waals surface area contributed by atoms with Crippen molar-refractivity contribution in [2.45, 2.75) is 6.54 Å². The van der Waals surface area contributed by atoms with Gasteiger partial charge in [-0.05, 0) is 48.0 Å². The van der Waals surface area contributed by atoms with Crippen LogP contribution in [0.4, 0.5) is 5.69 Å². The van der Waals surface area contributed by atoms with Crippen molar-refractivity contribution in [3.05, 3.63) is 94.0 Å². The minimum absolute atomic E-state index is 0.263. The monoisotopic (exact) mass is 438 g/mol. The lowest BCUT2D eigenvalue weighted by Gasteiger charge is -2.12. The summed E-state index contributed by atoms with van der Waals surface area (Å²) < 4.78 is 5.94. The quantitative estimate of drug-likeness (QED) is 0.588. The van der Waals surface area contributed by atoms with Gasteiger partial charge in [0, 0.05) is 16.6 Å². The van der Waals surface area contributed by atoms with Gasteiger partial charge in [0.1, 0.15) is 5.75 Å². The number of carbonyl (C=O) groups excluding carboxylic acids is 2. The molecule has 6 heteroatoms. The molecule has 142 valence electrons. The molecule has 2 amide bonds. The lowest BCUT2D eigenvalue weighted by molar-refractivity contribution is 0.0952. The van der Waals surface area contributed by atoms with Crippen LogP contribution in [0.5, 0.6) is 5.75 Å². The number of benzene rings is 3. The maximum Gasteiger partial charge on any atom is 0.255 e. The SMILES string of the molecule is COc1ccc(CNC(=O)c2ccccc2NC(=O)c2cccc(Br)c2)cc1. The molecule has 0 fully saturated rings. The van der Waals surface area contributed by atoms with Crippen molar-refractivity contribution in [3.8, 4) is 5.75 Å². The zero-order chi connectivity index (χ0) is 19.9. The van der Waals surface area contributed by atoms with Crippen LogP contribution in [-0.2, 0) is 6.54 Å². The lowest BCUT2D eigenvalue weighted by Crippen LogP contribution is -2.24. The topological polar surface area (TPSA) is 67.4 Å². The highest BCUT2D eigenvalue weighted by atomic mass is 79.9. The van der Waals surface area contributed by atoms with E-state index in [1.807, 2.05) is 30.3 Å². The summed E-state index contributed by atoms with van der Waals surface area (Å²) in [4.78, 5) is 25.1. The van der Waals surface area contributed by atoms with Gasteiger partial charge >= 0.3 is 0 Å². The van der Waals surface area contributed by atoms with E-state index in [1.165, 1.54) is 0 Å². The van der Waals surface area contributed by atoms with Crippen molar-refractivity contribution in [2.75, 3.05) is 12.4 Å². The number of nitrogens with one attached hydrogen (secondary N) is 2. The van der Waals surface area contributed by atoms with Crippen LogP contribution in [0, 0.1) is 0 Å². The first-order valence-electron chi connectivity index (χ1n) is 8.64. The number of hydrogen-bond donors (Lipinski definition) is 2. The van der Waals surface area contributed by atoms with Gasteiger partial charge in [0.25, 0.3) is 11.8 Å². The number of hydrogen-bond acceptors (Lipinski definition) is 3. The smallest absolute Gasteiger partial charge is 0.255 e. The number of anilines is 1. The predicted molar refractivity (Wildman–Crippen MR) is 113 cm³/mol. The Hall–Kier alpha value is -3.12. The van der Waals surface area contributed by atoms with Crippen molar-refractivity contribution in [1.82, 2.24) is 5.32 Å². The van der Waals surface area contributed by atoms with Crippen LogP contribution in [-0.4, -0.2) is 18.9 Å². The van der Waals surface area contributed by atoms with Crippen LogP contribution < -0.4 is 15.4 Å². The number of amides is 2. The fourth-order valence-electron chi connectivity index (χ4n) is 2.64. The van der Waals surface area contributed by atoms with E-state index in [4.69, 9.17) is 4.74 Å². The molecule has 28 heavy (non-hydrogen) atoms. The van der Waals surface area contributed by atoms with Gasteiger partial charge in [-0.3, -0.25) is 9.59 Å². The van der Waals surface area contributed by atoms with E-state index >= 15 is 0 Å². The van der Waals surface area contributed by atoms with Crippen molar-refractivity contribution < 1.29 is 14.3 Å². The molecule has 0 aromatic heterocycles. The Morgan fingerprint density at radius 1 is 0.929 bits per heavy atom. The molecule has 0 spiro atoms. The maximum atomic E-state index is 12.6. The molecule has 0 unspecified atom stereocenters. The molecule has 0 aliphatic rings. The molecule has 2 N–H and O–H groups in total. The first-order valence-corrected chi connectivity index (χ1v) is 9.43. The van der Waals surface area contributed by atoms with Crippen LogP contribution in [0.15, 0.2) is 77.3 Å². The molecule has 0 aliphatic heterocycles. The number of ether oxygens (including phenoxy) is 1. The summed E-state index contributed by atoms with van der Waals surface area (Å²) >= 11 is 3.35. The third-order valence-corrected chi connectivity index (χ3v) is 4.61. The molecule has 0 saturated carbocycles. The van der Waals surface area contributed by atoms with E-state index in [1.54, 1.807) is 49.6 Å². The second-order valence-corrected chi connectivity index (χ2v) is 6.96. The highest BCUT2D eigenvalue weighted by molar-refractivity contribution is 9.10. The Balaban J connectivity index is 1.70. The van der Waals surface area contributed by atoms with E-state index in [2.05, 4.69) is 26.6 Å². The van der Waals surface area contributed by atoms with Gasteiger partial charge in [-0.15, -0.1) is 0 Å². The van der Waals surface area contributed by atoms with E-state index in [0.717, 1.165) is 15.8 Å². The van der Waals surface area contributed by atoms with Gasteiger partial charge in [0.15, 0.2) is 0 Å². The molecule has 0 radical (unpaired) electrons. The van der Waals surface area contributed by atoms with Crippen LogP contribution >= 0.6 is 15.9 Å². The standard InChI is InChI=1S/C22H19BrN2O3/c1-28-18-11-9-15(10-12-18)14-24-22(27)19-7-2-3-8-20(19)25-21(26)16-5-4-6-17(23)13-16/h2-13H,14H2,1H3,(H,24,27)(H,25,26). The van der Waals surface area contributed by atoms with Crippen molar-refractivity contribution in [3.63, 3.8) is 0 Å². The summed E-state index contributed by atoms with van der Waals surface area (Å²) in [5, 5.41) is 5.69. The van der Waals surface area contributed by atoms with E-state index < -0.39 is 0 Å². The lowest BCUT2D eigenvalue weighted by atomic mass is 10.1. The minimum atomic E-state index is -0.281. The maximum absolute atomic E-state index is 12.6. The zero-order valence-electron chi connectivity index (χ0n) is 15.2. The molecular formula is C22H19BrN2O3.